The normalized spacial score (nSPS) is 16.5. The monoisotopic (exact) mass is 421 g/mol. The van der Waals surface area contributed by atoms with Crippen LogP contribution in [0, 0.1) is 10.1 Å². The Bertz CT molecular complexity index is 499. The SMILES string of the molecule is CN=C(SC)N1CCC(c2ccc([N+](=O)[O-])cc2)CC1.I. The van der Waals surface area contributed by atoms with Gasteiger partial charge in [0.05, 0.1) is 4.92 Å². The maximum Gasteiger partial charge on any atom is 0.269 e. The van der Waals surface area contributed by atoms with Crippen molar-refractivity contribution in [3.05, 3.63) is 39.9 Å². The molecule has 7 heteroatoms. The van der Waals surface area contributed by atoms with Crippen LogP contribution >= 0.6 is 35.7 Å². The number of benzene rings is 1. The van der Waals surface area contributed by atoms with Gasteiger partial charge in [0, 0.05) is 32.3 Å². The number of hydrogen-bond acceptors (Lipinski definition) is 4. The number of likely N-dealkylation sites (tertiary alicyclic amines) is 1. The number of hydrogen-bond donors (Lipinski definition) is 0. The van der Waals surface area contributed by atoms with Gasteiger partial charge < -0.3 is 4.90 Å². The Kier molecular flexibility index (Phi) is 7.44. The zero-order valence-corrected chi connectivity index (χ0v) is 15.3. The molecule has 1 saturated heterocycles. The topological polar surface area (TPSA) is 58.7 Å². The molecular formula is C14H20IN3O2S. The van der Waals surface area contributed by atoms with Crippen molar-refractivity contribution >= 4 is 46.6 Å². The van der Waals surface area contributed by atoms with Crippen LogP contribution in [0.1, 0.15) is 24.3 Å². The number of nitrogens with zero attached hydrogens (tertiary/aromatic N) is 3. The van der Waals surface area contributed by atoms with Crippen molar-refractivity contribution in [1.29, 1.82) is 0 Å². The third kappa shape index (κ3) is 4.57. The van der Waals surface area contributed by atoms with E-state index in [4.69, 9.17) is 0 Å². The predicted octanol–water partition coefficient (Wildman–Crippen LogP) is 3.74. The fourth-order valence-electron chi connectivity index (χ4n) is 2.63. The summed E-state index contributed by atoms with van der Waals surface area (Å²) in [6.45, 7) is 1.99. The zero-order chi connectivity index (χ0) is 14.5. The van der Waals surface area contributed by atoms with E-state index < -0.39 is 0 Å². The van der Waals surface area contributed by atoms with Crippen LogP contribution in [0.25, 0.3) is 0 Å². The molecule has 116 valence electrons. The van der Waals surface area contributed by atoms with Crippen molar-refractivity contribution in [2.24, 2.45) is 4.99 Å². The molecule has 5 nitrogen and oxygen atoms in total. The van der Waals surface area contributed by atoms with Crippen LogP contribution in [0.3, 0.4) is 0 Å². The van der Waals surface area contributed by atoms with Crippen LogP contribution in [-0.2, 0) is 0 Å². The highest BCUT2D eigenvalue weighted by Gasteiger charge is 2.22. The molecule has 0 radical (unpaired) electrons. The van der Waals surface area contributed by atoms with E-state index in [1.54, 1.807) is 23.9 Å². The number of nitro groups is 1. The highest BCUT2D eigenvalue weighted by Crippen LogP contribution is 2.30. The van der Waals surface area contributed by atoms with E-state index in [1.165, 1.54) is 5.56 Å². The molecule has 0 saturated carbocycles. The predicted molar refractivity (Wildman–Crippen MR) is 98.9 cm³/mol. The lowest BCUT2D eigenvalue weighted by Crippen LogP contribution is -2.36. The van der Waals surface area contributed by atoms with E-state index in [9.17, 15) is 10.1 Å². The third-order valence-corrected chi connectivity index (χ3v) is 4.52. The minimum absolute atomic E-state index is 0. The summed E-state index contributed by atoms with van der Waals surface area (Å²) in [5.41, 5.74) is 1.36. The van der Waals surface area contributed by atoms with Crippen molar-refractivity contribution in [1.82, 2.24) is 4.90 Å². The van der Waals surface area contributed by atoms with E-state index in [2.05, 4.69) is 9.89 Å². The van der Waals surface area contributed by atoms with Crippen molar-refractivity contribution in [2.45, 2.75) is 18.8 Å². The minimum atomic E-state index is -0.352. The van der Waals surface area contributed by atoms with Crippen LogP contribution < -0.4 is 0 Å². The maximum atomic E-state index is 10.7. The first kappa shape index (κ1) is 18.2. The summed E-state index contributed by atoms with van der Waals surface area (Å²) in [6.07, 6.45) is 4.18. The molecule has 0 aliphatic carbocycles. The number of rotatable bonds is 2. The van der Waals surface area contributed by atoms with Crippen LogP contribution in [-0.4, -0.2) is 41.4 Å². The van der Waals surface area contributed by atoms with Crippen LogP contribution in [0.15, 0.2) is 29.3 Å². The summed E-state index contributed by atoms with van der Waals surface area (Å²) in [5, 5.41) is 11.7. The van der Waals surface area contributed by atoms with E-state index in [-0.39, 0.29) is 34.6 Å². The molecule has 0 unspecified atom stereocenters. The van der Waals surface area contributed by atoms with E-state index in [1.807, 2.05) is 25.4 Å². The molecule has 2 rings (SSSR count). The standard InChI is InChI=1S/C14H19N3O2S.HI/c1-15-14(20-2)16-9-7-12(8-10-16)11-3-5-13(6-4-11)17(18)19;/h3-6,12H,7-10H2,1-2H3;1H. The quantitative estimate of drug-likeness (QED) is 0.240. The first-order chi connectivity index (χ1) is 9.65. The molecule has 1 aliphatic heterocycles. The summed E-state index contributed by atoms with van der Waals surface area (Å²) in [7, 11) is 1.83. The van der Waals surface area contributed by atoms with Gasteiger partial charge in [0.1, 0.15) is 0 Å². The van der Waals surface area contributed by atoms with Gasteiger partial charge in [0.15, 0.2) is 5.17 Å². The lowest BCUT2D eigenvalue weighted by atomic mass is 9.89. The van der Waals surface area contributed by atoms with Crippen molar-refractivity contribution in [2.75, 3.05) is 26.4 Å². The van der Waals surface area contributed by atoms with E-state index in [0.29, 0.717) is 5.92 Å². The molecule has 21 heavy (non-hydrogen) atoms. The number of aliphatic imine (C=N–C) groups is 1. The Morgan fingerprint density at radius 1 is 1.33 bits per heavy atom. The Morgan fingerprint density at radius 2 is 1.90 bits per heavy atom. The number of amidine groups is 1. The van der Waals surface area contributed by atoms with Gasteiger partial charge in [-0.25, -0.2) is 0 Å². The Morgan fingerprint density at radius 3 is 2.33 bits per heavy atom. The molecule has 1 aromatic rings. The van der Waals surface area contributed by atoms with Crippen molar-refractivity contribution in [3.8, 4) is 0 Å². The molecule has 1 aliphatic rings. The lowest BCUT2D eigenvalue weighted by Gasteiger charge is -2.33. The van der Waals surface area contributed by atoms with Crippen molar-refractivity contribution < 1.29 is 4.92 Å². The average Bonchev–Trinajstić information content (AvgIpc) is 2.49. The Balaban J connectivity index is 0.00000220. The number of non-ortho nitro benzene ring substituents is 1. The number of piperidine rings is 1. The number of thioether (sulfide) groups is 1. The molecule has 0 amide bonds. The van der Waals surface area contributed by atoms with Gasteiger partial charge >= 0.3 is 0 Å². The van der Waals surface area contributed by atoms with Crippen molar-refractivity contribution in [3.63, 3.8) is 0 Å². The summed E-state index contributed by atoms with van der Waals surface area (Å²) >= 11 is 1.68. The molecule has 0 bridgehead atoms. The van der Waals surface area contributed by atoms with Gasteiger partial charge in [-0.15, -0.1) is 24.0 Å². The summed E-state index contributed by atoms with van der Waals surface area (Å²) in [4.78, 5) is 16.9. The zero-order valence-electron chi connectivity index (χ0n) is 12.2. The molecule has 0 aromatic heterocycles. The van der Waals surface area contributed by atoms with Gasteiger partial charge in [-0.05, 0) is 30.6 Å². The summed E-state index contributed by atoms with van der Waals surface area (Å²) < 4.78 is 0. The van der Waals surface area contributed by atoms with Gasteiger partial charge in [0.2, 0.25) is 0 Å². The second-order valence-electron chi connectivity index (χ2n) is 4.82. The van der Waals surface area contributed by atoms with Gasteiger partial charge in [-0.1, -0.05) is 23.9 Å². The first-order valence-electron chi connectivity index (χ1n) is 6.65. The van der Waals surface area contributed by atoms with Gasteiger partial charge in [0.25, 0.3) is 5.69 Å². The first-order valence-corrected chi connectivity index (χ1v) is 7.88. The van der Waals surface area contributed by atoms with Crippen LogP contribution in [0.4, 0.5) is 5.69 Å². The highest BCUT2D eigenvalue weighted by atomic mass is 127. The van der Waals surface area contributed by atoms with Gasteiger partial charge in [-0.3, -0.25) is 15.1 Å². The smallest absolute Gasteiger partial charge is 0.269 e. The third-order valence-electron chi connectivity index (χ3n) is 3.71. The van der Waals surface area contributed by atoms with E-state index >= 15 is 0 Å². The molecule has 1 heterocycles. The molecule has 0 atom stereocenters. The Hall–Kier alpha value is -0.830. The van der Waals surface area contributed by atoms with Crippen LogP contribution in [0.5, 0.6) is 0 Å². The second-order valence-corrected chi connectivity index (χ2v) is 5.59. The molecule has 1 aromatic carbocycles. The average molecular weight is 421 g/mol. The molecule has 1 fully saturated rings. The van der Waals surface area contributed by atoms with E-state index in [0.717, 1.165) is 31.1 Å². The molecular weight excluding hydrogens is 401 g/mol. The summed E-state index contributed by atoms with van der Waals surface area (Å²) in [6, 6.07) is 6.98. The minimum Gasteiger partial charge on any atom is -0.351 e. The van der Waals surface area contributed by atoms with Crippen LogP contribution in [0.2, 0.25) is 0 Å². The molecule has 0 N–H and O–H groups in total. The maximum absolute atomic E-state index is 10.7. The second kappa shape index (κ2) is 8.57. The fraction of sp³-hybridized carbons (Fsp3) is 0.500. The highest BCUT2D eigenvalue weighted by molar-refractivity contribution is 14.0. The molecule has 0 spiro atoms. The lowest BCUT2D eigenvalue weighted by molar-refractivity contribution is -0.384. The number of nitro benzene ring substituents is 1. The van der Waals surface area contributed by atoms with Gasteiger partial charge in [-0.2, -0.15) is 0 Å². The summed E-state index contributed by atoms with van der Waals surface area (Å²) in [5.74, 6) is 0.493. The Labute approximate surface area is 146 Å². The number of halogens is 1. The fourth-order valence-corrected chi connectivity index (χ4v) is 3.26. The largest absolute Gasteiger partial charge is 0.351 e.